The van der Waals surface area contributed by atoms with E-state index in [9.17, 15) is 4.79 Å². The number of aliphatic hydroxyl groups is 1. The molecule has 0 bridgehead atoms. The fourth-order valence-corrected chi connectivity index (χ4v) is 1.19. The number of aliphatic carboxylic acids is 1. The van der Waals surface area contributed by atoms with Crippen LogP contribution >= 0.6 is 0 Å². The van der Waals surface area contributed by atoms with Gasteiger partial charge in [-0.3, -0.25) is 4.79 Å². The van der Waals surface area contributed by atoms with Crippen molar-refractivity contribution in [2.45, 2.75) is 39.0 Å². The van der Waals surface area contributed by atoms with Crippen LogP contribution in [0.25, 0.3) is 0 Å². The molecule has 0 aliphatic heterocycles. The van der Waals surface area contributed by atoms with Crippen LogP contribution in [-0.4, -0.2) is 22.8 Å². The standard InChI is InChI=1S/C9H18O3/c1-2-3-4-5-8(6-7-10)9(11)12/h8,10H,2-7H2,1H3,(H,11,12). The maximum Gasteiger partial charge on any atom is 0.306 e. The van der Waals surface area contributed by atoms with Gasteiger partial charge in [0, 0.05) is 6.61 Å². The number of unbranched alkanes of at least 4 members (excludes halogenated alkanes) is 2. The minimum atomic E-state index is -0.778. The minimum absolute atomic E-state index is 0.0247. The molecule has 3 heteroatoms. The van der Waals surface area contributed by atoms with Crippen LogP contribution in [0.15, 0.2) is 0 Å². The van der Waals surface area contributed by atoms with Crippen LogP contribution in [0.1, 0.15) is 39.0 Å². The molecule has 12 heavy (non-hydrogen) atoms. The molecule has 0 spiro atoms. The molecular weight excluding hydrogens is 156 g/mol. The van der Waals surface area contributed by atoms with Crippen LogP contribution in [0.5, 0.6) is 0 Å². The largest absolute Gasteiger partial charge is 0.481 e. The number of carboxylic acids is 1. The van der Waals surface area contributed by atoms with Gasteiger partial charge in [0.15, 0.2) is 0 Å². The third kappa shape index (κ3) is 5.13. The molecule has 0 aliphatic carbocycles. The van der Waals surface area contributed by atoms with Crippen LogP contribution in [0.3, 0.4) is 0 Å². The lowest BCUT2D eigenvalue weighted by Gasteiger charge is -2.09. The van der Waals surface area contributed by atoms with E-state index in [0.29, 0.717) is 12.8 Å². The molecular formula is C9H18O3. The Morgan fingerprint density at radius 1 is 1.33 bits per heavy atom. The number of hydrogen-bond acceptors (Lipinski definition) is 2. The highest BCUT2D eigenvalue weighted by atomic mass is 16.4. The fraction of sp³-hybridized carbons (Fsp3) is 0.889. The van der Waals surface area contributed by atoms with E-state index in [1.807, 2.05) is 0 Å². The van der Waals surface area contributed by atoms with Gasteiger partial charge >= 0.3 is 5.97 Å². The van der Waals surface area contributed by atoms with Crippen molar-refractivity contribution in [2.75, 3.05) is 6.61 Å². The van der Waals surface area contributed by atoms with Crippen LogP contribution in [0, 0.1) is 5.92 Å². The van der Waals surface area contributed by atoms with Crippen molar-refractivity contribution in [3.05, 3.63) is 0 Å². The Morgan fingerprint density at radius 3 is 2.42 bits per heavy atom. The number of aliphatic hydroxyl groups excluding tert-OH is 1. The quantitative estimate of drug-likeness (QED) is 0.577. The van der Waals surface area contributed by atoms with Crippen LogP contribution in [0.4, 0.5) is 0 Å². The maximum atomic E-state index is 10.6. The van der Waals surface area contributed by atoms with Gasteiger partial charge in [-0.1, -0.05) is 26.2 Å². The zero-order valence-corrected chi connectivity index (χ0v) is 7.62. The first-order chi connectivity index (χ1) is 5.72. The first kappa shape index (κ1) is 11.4. The Bertz CT molecular complexity index is 123. The summed E-state index contributed by atoms with van der Waals surface area (Å²) in [4.78, 5) is 10.6. The second-order valence-corrected chi connectivity index (χ2v) is 3.04. The fourth-order valence-electron chi connectivity index (χ4n) is 1.19. The third-order valence-corrected chi connectivity index (χ3v) is 1.98. The summed E-state index contributed by atoms with van der Waals surface area (Å²) in [5.41, 5.74) is 0. The second kappa shape index (κ2) is 7.10. The Kier molecular flexibility index (Phi) is 6.76. The predicted octanol–water partition coefficient (Wildman–Crippen LogP) is 1.65. The van der Waals surface area contributed by atoms with Crippen molar-refractivity contribution >= 4 is 5.97 Å². The van der Waals surface area contributed by atoms with E-state index in [1.54, 1.807) is 0 Å². The van der Waals surface area contributed by atoms with Crippen molar-refractivity contribution in [1.29, 1.82) is 0 Å². The molecule has 0 aromatic heterocycles. The second-order valence-electron chi connectivity index (χ2n) is 3.04. The smallest absolute Gasteiger partial charge is 0.306 e. The summed E-state index contributed by atoms with van der Waals surface area (Å²) < 4.78 is 0. The van der Waals surface area contributed by atoms with Crippen LogP contribution < -0.4 is 0 Å². The van der Waals surface area contributed by atoms with Gasteiger partial charge in [0.1, 0.15) is 0 Å². The van der Waals surface area contributed by atoms with Gasteiger partial charge in [0.25, 0.3) is 0 Å². The van der Waals surface area contributed by atoms with E-state index in [-0.39, 0.29) is 12.5 Å². The molecule has 72 valence electrons. The molecule has 1 unspecified atom stereocenters. The molecule has 0 radical (unpaired) electrons. The van der Waals surface area contributed by atoms with Crippen LogP contribution in [0.2, 0.25) is 0 Å². The van der Waals surface area contributed by atoms with E-state index in [0.717, 1.165) is 19.3 Å². The monoisotopic (exact) mass is 174 g/mol. The minimum Gasteiger partial charge on any atom is -0.481 e. The summed E-state index contributed by atoms with van der Waals surface area (Å²) in [7, 11) is 0. The van der Waals surface area contributed by atoms with Gasteiger partial charge in [-0.05, 0) is 12.8 Å². The average molecular weight is 174 g/mol. The number of rotatable bonds is 7. The third-order valence-electron chi connectivity index (χ3n) is 1.98. The van der Waals surface area contributed by atoms with Crippen LogP contribution in [-0.2, 0) is 4.79 Å². The lowest BCUT2D eigenvalue weighted by Crippen LogP contribution is -2.15. The Labute approximate surface area is 73.4 Å². The highest BCUT2D eigenvalue weighted by Gasteiger charge is 2.15. The zero-order chi connectivity index (χ0) is 9.40. The van der Waals surface area contributed by atoms with E-state index in [4.69, 9.17) is 10.2 Å². The van der Waals surface area contributed by atoms with Crippen molar-refractivity contribution < 1.29 is 15.0 Å². The summed E-state index contributed by atoms with van der Waals surface area (Å²) in [5.74, 6) is -1.12. The van der Waals surface area contributed by atoms with Crippen molar-refractivity contribution in [3.8, 4) is 0 Å². The first-order valence-corrected chi connectivity index (χ1v) is 4.56. The molecule has 0 aromatic rings. The molecule has 0 aliphatic rings. The summed E-state index contributed by atoms with van der Waals surface area (Å²) in [5, 5.41) is 17.3. The predicted molar refractivity (Wildman–Crippen MR) is 47.0 cm³/mol. The number of carboxylic acid groups (broad SMARTS) is 1. The van der Waals surface area contributed by atoms with E-state index >= 15 is 0 Å². The van der Waals surface area contributed by atoms with E-state index in [2.05, 4.69) is 6.92 Å². The molecule has 0 aromatic carbocycles. The Morgan fingerprint density at radius 2 is 2.00 bits per heavy atom. The lowest BCUT2D eigenvalue weighted by molar-refractivity contribution is -0.142. The molecule has 2 N–H and O–H groups in total. The highest BCUT2D eigenvalue weighted by Crippen LogP contribution is 2.13. The van der Waals surface area contributed by atoms with Gasteiger partial charge in [-0.25, -0.2) is 0 Å². The SMILES string of the molecule is CCCCCC(CCO)C(=O)O. The summed E-state index contributed by atoms with van der Waals surface area (Å²) in [6, 6.07) is 0. The first-order valence-electron chi connectivity index (χ1n) is 4.56. The zero-order valence-electron chi connectivity index (χ0n) is 7.62. The number of hydrogen-bond donors (Lipinski definition) is 2. The van der Waals surface area contributed by atoms with Gasteiger partial charge in [-0.2, -0.15) is 0 Å². The molecule has 0 rings (SSSR count). The number of carbonyl (C=O) groups is 1. The Balaban J connectivity index is 3.56. The molecule has 0 amide bonds. The Hall–Kier alpha value is -0.570. The van der Waals surface area contributed by atoms with E-state index < -0.39 is 5.97 Å². The summed E-state index contributed by atoms with van der Waals surface area (Å²) in [6.45, 7) is 2.06. The normalized spacial score (nSPS) is 12.8. The lowest BCUT2D eigenvalue weighted by atomic mass is 9.98. The molecule has 0 saturated carbocycles. The van der Waals surface area contributed by atoms with Gasteiger partial charge in [0.2, 0.25) is 0 Å². The molecule has 0 heterocycles. The van der Waals surface area contributed by atoms with Crippen molar-refractivity contribution in [3.63, 3.8) is 0 Å². The van der Waals surface area contributed by atoms with Crippen molar-refractivity contribution in [1.82, 2.24) is 0 Å². The topological polar surface area (TPSA) is 57.5 Å². The molecule has 3 nitrogen and oxygen atoms in total. The highest BCUT2D eigenvalue weighted by molar-refractivity contribution is 5.69. The van der Waals surface area contributed by atoms with Gasteiger partial charge in [0.05, 0.1) is 5.92 Å². The summed E-state index contributed by atoms with van der Waals surface area (Å²) in [6.07, 6.45) is 4.22. The molecule has 0 saturated heterocycles. The average Bonchev–Trinajstić information content (AvgIpc) is 2.03. The molecule has 1 atom stereocenters. The van der Waals surface area contributed by atoms with Crippen molar-refractivity contribution in [2.24, 2.45) is 5.92 Å². The maximum absolute atomic E-state index is 10.6. The summed E-state index contributed by atoms with van der Waals surface area (Å²) >= 11 is 0. The van der Waals surface area contributed by atoms with Gasteiger partial charge in [-0.15, -0.1) is 0 Å². The van der Waals surface area contributed by atoms with E-state index in [1.165, 1.54) is 0 Å². The molecule has 0 fully saturated rings. The van der Waals surface area contributed by atoms with Gasteiger partial charge < -0.3 is 10.2 Å².